The Balaban J connectivity index is 1.98. The number of hydrogen-bond acceptors (Lipinski definition) is 2. The van der Waals surface area contributed by atoms with Crippen LogP contribution >= 0.6 is 15.9 Å². The molecule has 0 aromatic rings. The maximum absolute atomic E-state index is 5.64. The first-order valence-electron chi connectivity index (χ1n) is 5.04. The molecule has 1 aliphatic heterocycles. The summed E-state index contributed by atoms with van der Waals surface area (Å²) in [5.74, 6) is 1.36. The second kappa shape index (κ2) is 6.80. The number of hydrogen-bond donors (Lipinski definition) is 0. The average molecular weight is 251 g/mol. The fourth-order valence-corrected chi connectivity index (χ4v) is 1.58. The van der Waals surface area contributed by atoms with Crippen LogP contribution in [-0.4, -0.2) is 31.8 Å². The molecule has 78 valence electrons. The molecule has 0 aromatic carbocycles. The van der Waals surface area contributed by atoms with E-state index in [2.05, 4.69) is 22.9 Å². The van der Waals surface area contributed by atoms with Gasteiger partial charge in [-0.15, -0.1) is 0 Å². The first kappa shape index (κ1) is 11.5. The lowest BCUT2D eigenvalue weighted by Crippen LogP contribution is -2.21. The van der Waals surface area contributed by atoms with Gasteiger partial charge in [0.2, 0.25) is 0 Å². The van der Waals surface area contributed by atoms with Gasteiger partial charge in [-0.3, -0.25) is 0 Å². The molecule has 0 N–H and O–H groups in total. The first-order valence-corrected chi connectivity index (χ1v) is 6.16. The Morgan fingerprint density at radius 2 is 2.15 bits per heavy atom. The summed E-state index contributed by atoms with van der Waals surface area (Å²) in [5, 5.41) is 1.03. The molecule has 1 aliphatic rings. The van der Waals surface area contributed by atoms with Gasteiger partial charge in [0.25, 0.3) is 0 Å². The summed E-state index contributed by atoms with van der Waals surface area (Å²) in [6.45, 7) is 5.83. The quantitative estimate of drug-likeness (QED) is 0.699. The van der Waals surface area contributed by atoms with Crippen molar-refractivity contribution in [3.05, 3.63) is 0 Å². The predicted octanol–water partition coefficient (Wildman–Crippen LogP) is 2.46. The summed E-state index contributed by atoms with van der Waals surface area (Å²) < 4.78 is 10.9. The van der Waals surface area contributed by atoms with Crippen molar-refractivity contribution < 1.29 is 9.47 Å². The lowest BCUT2D eigenvalue weighted by atomic mass is 10.0. The van der Waals surface area contributed by atoms with Crippen molar-refractivity contribution in [2.45, 2.75) is 19.8 Å². The third kappa shape index (κ3) is 4.99. The zero-order chi connectivity index (χ0) is 9.52. The zero-order valence-electron chi connectivity index (χ0n) is 8.30. The van der Waals surface area contributed by atoms with E-state index >= 15 is 0 Å². The van der Waals surface area contributed by atoms with E-state index in [9.17, 15) is 0 Å². The van der Waals surface area contributed by atoms with Gasteiger partial charge in [-0.05, 0) is 24.7 Å². The van der Waals surface area contributed by atoms with Gasteiger partial charge in [-0.25, -0.2) is 0 Å². The maximum Gasteiger partial charge on any atom is 0.0499 e. The van der Waals surface area contributed by atoms with Crippen molar-refractivity contribution in [3.8, 4) is 0 Å². The Morgan fingerprint density at radius 3 is 2.77 bits per heavy atom. The Morgan fingerprint density at radius 1 is 1.46 bits per heavy atom. The third-order valence-electron chi connectivity index (χ3n) is 2.36. The van der Waals surface area contributed by atoms with E-state index in [4.69, 9.17) is 9.47 Å². The van der Waals surface area contributed by atoms with E-state index in [1.807, 2.05) is 0 Å². The normalized spacial score (nSPS) is 21.7. The lowest BCUT2D eigenvalue weighted by molar-refractivity contribution is 0.0147. The van der Waals surface area contributed by atoms with Crippen molar-refractivity contribution in [1.29, 1.82) is 0 Å². The van der Waals surface area contributed by atoms with Crippen LogP contribution in [-0.2, 0) is 9.47 Å². The lowest BCUT2D eigenvalue weighted by Gasteiger charge is -2.22. The van der Waals surface area contributed by atoms with Crippen LogP contribution in [0, 0.1) is 11.8 Å². The third-order valence-corrected chi connectivity index (χ3v) is 3.47. The summed E-state index contributed by atoms with van der Waals surface area (Å²) in [5.41, 5.74) is 0. The Bertz CT molecular complexity index is 124. The minimum atomic E-state index is 0.625. The molecule has 0 aliphatic carbocycles. The summed E-state index contributed by atoms with van der Waals surface area (Å²) in [4.78, 5) is 0. The minimum Gasteiger partial charge on any atom is -0.381 e. The number of rotatable bonds is 5. The molecule has 1 saturated heterocycles. The van der Waals surface area contributed by atoms with Crippen molar-refractivity contribution in [1.82, 2.24) is 0 Å². The first-order chi connectivity index (χ1) is 6.33. The summed E-state index contributed by atoms with van der Waals surface area (Å²) in [6, 6.07) is 0. The second-order valence-corrected chi connectivity index (χ2v) is 4.50. The van der Waals surface area contributed by atoms with Crippen molar-refractivity contribution in [2.75, 3.05) is 31.8 Å². The van der Waals surface area contributed by atoms with E-state index in [0.29, 0.717) is 5.92 Å². The molecule has 0 aromatic heterocycles. The summed E-state index contributed by atoms with van der Waals surface area (Å²) in [6.07, 6.45) is 2.34. The van der Waals surface area contributed by atoms with Crippen LogP contribution in [0.5, 0.6) is 0 Å². The van der Waals surface area contributed by atoms with Crippen LogP contribution in [0.3, 0.4) is 0 Å². The molecular weight excluding hydrogens is 232 g/mol. The van der Waals surface area contributed by atoms with Crippen LogP contribution in [0.2, 0.25) is 0 Å². The van der Waals surface area contributed by atoms with Crippen LogP contribution in [0.4, 0.5) is 0 Å². The molecule has 1 rings (SSSR count). The predicted molar refractivity (Wildman–Crippen MR) is 57.3 cm³/mol. The van der Waals surface area contributed by atoms with E-state index < -0.39 is 0 Å². The molecule has 1 fully saturated rings. The molecular formula is C10H19BrO2. The van der Waals surface area contributed by atoms with E-state index in [0.717, 1.165) is 37.7 Å². The molecule has 13 heavy (non-hydrogen) atoms. The molecule has 3 heteroatoms. The Hall–Kier alpha value is 0.400. The topological polar surface area (TPSA) is 18.5 Å². The van der Waals surface area contributed by atoms with Crippen LogP contribution in [0.1, 0.15) is 19.8 Å². The highest BCUT2D eigenvalue weighted by Gasteiger charge is 2.13. The monoisotopic (exact) mass is 250 g/mol. The molecule has 0 spiro atoms. The van der Waals surface area contributed by atoms with Gasteiger partial charge in [-0.2, -0.15) is 0 Å². The zero-order valence-corrected chi connectivity index (χ0v) is 9.88. The minimum absolute atomic E-state index is 0.625. The highest BCUT2D eigenvalue weighted by atomic mass is 79.9. The number of alkyl halides is 1. The highest BCUT2D eigenvalue weighted by Crippen LogP contribution is 2.15. The number of ether oxygens (including phenoxy) is 2. The molecule has 0 saturated carbocycles. The molecule has 1 unspecified atom stereocenters. The average Bonchev–Trinajstić information content (AvgIpc) is 2.19. The van der Waals surface area contributed by atoms with E-state index in [-0.39, 0.29) is 0 Å². The van der Waals surface area contributed by atoms with Gasteiger partial charge in [0.05, 0.1) is 0 Å². The Labute approximate surface area is 89.1 Å². The molecule has 1 atom stereocenters. The molecule has 0 radical (unpaired) electrons. The van der Waals surface area contributed by atoms with Gasteiger partial charge in [0.15, 0.2) is 0 Å². The number of halogens is 1. The molecule has 0 bridgehead atoms. The van der Waals surface area contributed by atoms with Gasteiger partial charge < -0.3 is 9.47 Å². The molecule has 1 heterocycles. The fourth-order valence-electron chi connectivity index (χ4n) is 1.39. The molecule has 2 nitrogen and oxygen atoms in total. The fraction of sp³-hybridized carbons (Fsp3) is 1.00. The van der Waals surface area contributed by atoms with E-state index in [1.165, 1.54) is 12.8 Å². The largest absolute Gasteiger partial charge is 0.381 e. The standard InChI is InChI=1S/C10H19BrO2/c1-9(6-11)7-13-8-10-2-4-12-5-3-10/h9-10H,2-8H2,1H3. The van der Waals surface area contributed by atoms with Gasteiger partial charge >= 0.3 is 0 Å². The van der Waals surface area contributed by atoms with Gasteiger partial charge in [0.1, 0.15) is 0 Å². The molecule has 0 amide bonds. The maximum atomic E-state index is 5.64. The van der Waals surface area contributed by atoms with Crippen molar-refractivity contribution in [3.63, 3.8) is 0 Å². The Kier molecular flexibility index (Phi) is 6.00. The van der Waals surface area contributed by atoms with Crippen molar-refractivity contribution in [2.24, 2.45) is 11.8 Å². The smallest absolute Gasteiger partial charge is 0.0499 e. The van der Waals surface area contributed by atoms with Crippen LogP contribution < -0.4 is 0 Å². The summed E-state index contributed by atoms with van der Waals surface area (Å²) in [7, 11) is 0. The van der Waals surface area contributed by atoms with E-state index in [1.54, 1.807) is 0 Å². The van der Waals surface area contributed by atoms with Crippen molar-refractivity contribution >= 4 is 15.9 Å². The second-order valence-electron chi connectivity index (χ2n) is 3.85. The van der Waals surface area contributed by atoms with Crippen LogP contribution in [0.25, 0.3) is 0 Å². The SMILES string of the molecule is CC(CBr)COCC1CCOCC1. The van der Waals surface area contributed by atoms with Crippen LogP contribution in [0.15, 0.2) is 0 Å². The highest BCUT2D eigenvalue weighted by molar-refractivity contribution is 9.09. The van der Waals surface area contributed by atoms with Gasteiger partial charge in [0, 0.05) is 31.8 Å². The summed E-state index contributed by atoms with van der Waals surface area (Å²) >= 11 is 3.44. The van der Waals surface area contributed by atoms with Gasteiger partial charge in [-0.1, -0.05) is 22.9 Å².